The van der Waals surface area contributed by atoms with Gasteiger partial charge in [-0.25, -0.2) is 16.8 Å². The Labute approximate surface area is 194 Å². The lowest BCUT2D eigenvalue weighted by molar-refractivity contribution is 0.146. The Kier molecular flexibility index (Phi) is 7.62. The van der Waals surface area contributed by atoms with E-state index >= 15 is 0 Å². The second-order valence-electron chi connectivity index (χ2n) is 7.37. The summed E-state index contributed by atoms with van der Waals surface area (Å²) in [5.41, 5.74) is 2.07. The second-order valence-corrected chi connectivity index (χ2v) is 10.7. The van der Waals surface area contributed by atoms with Crippen molar-refractivity contribution in [3.05, 3.63) is 77.9 Å². The van der Waals surface area contributed by atoms with E-state index in [1.54, 1.807) is 50.4 Å². The summed E-state index contributed by atoms with van der Waals surface area (Å²) < 4.78 is 66.8. The molecule has 0 saturated carbocycles. The Morgan fingerprint density at radius 1 is 0.758 bits per heavy atom. The SMILES string of the molecule is COCCOc1ccc(S(=O)(=O)Nc2cc(S(=O)(=O)Nc3cccc(C)c3)ccc2C)cc1. The molecule has 0 amide bonds. The fraction of sp³-hybridized carbons (Fsp3) is 0.217. The Bertz CT molecular complexity index is 1320. The summed E-state index contributed by atoms with van der Waals surface area (Å²) in [7, 11) is -6.31. The first-order valence-electron chi connectivity index (χ1n) is 10.1. The topological polar surface area (TPSA) is 111 Å². The Balaban J connectivity index is 1.81. The minimum Gasteiger partial charge on any atom is -0.491 e. The monoisotopic (exact) mass is 490 g/mol. The van der Waals surface area contributed by atoms with Gasteiger partial charge in [-0.1, -0.05) is 18.2 Å². The van der Waals surface area contributed by atoms with Crippen LogP contribution in [0.2, 0.25) is 0 Å². The van der Waals surface area contributed by atoms with Gasteiger partial charge in [0, 0.05) is 12.8 Å². The molecule has 0 aliphatic carbocycles. The van der Waals surface area contributed by atoms with Gasteiger partial charge < -0.3 is 9.47 Å². The average molecular weight is 491 g/mol. The van der Waals surface area contributed by atoms with Gasteiger partial charge in [0.05, 0.1) is 22.1 Å². The third-order valence-electron chi connectivity index (χ3n) is 4.72. The first-order chi connectivity index (χ1) is 15.6. The van der Waals surface area contributed by atoms with E-state index in [0.29, 0.717) is 30.2 Å². The average Bonchev–Trinajstić information content (AvgIpc) is 2.75. The van der Waals surface area contributed by atoms with Crippen LogP contribution in [0.25, 0.3) is 0 Å². The normalized spacial score (nSPS) is 11.7. The molecule has 0 spiro atoms. The van der Waals surface area contributed by atoms with Crippen molar-refractivity contribution in [2.24, 2.45) is 0 Å². The van der Waals surface area contributed by atoms with Gasteiger partial charge in [0.25, 0.3) is 20.0 Å². The fourth-order valence-electron chi connectivity index (χ4n) is 2.96. The summed E-state index contributed by atoms with van der Waals surface area (Å²) in [6, 6.07) is 17.2. The molecular weight excluding hydrogens is 464 g/mol. The maximum Gasteiger partial charge on any atom is 0.261 e. The van der Waals surface area contributed by atoms with E-state index in [1.807, 2.05) is 13.0 Å². The highest BCUT2D eigenvalue weighted by atomic mass is 32.2. The predicted molar refractivity (Wildman–Crippen MR) is 128 cm³/mol. The molecule has 176 valence electrons. The van der Waals surface area contributed by atoms with Crippen LogP contribution in [0.15, 0.2) is 76.5 Å². The first-order valence-corrected chi connectivity index (χ1v) is 13.0. The molecule has 0 fully saturated rings. The minimum atomic E-state index is -3.95. The quantitative estimate of drug-likeness (QED) is 0.417. The highest BCUT2D eigenvalue weighted by Gasteiger charge is 2.19. The third-order valence-corrected chi connectivity index (χ3v) is 7.48. The van der Waals surface area contributed by atoms with Gasteiger partial charge in [-0.2, -0.15) is 0 Å². The molecule has 0 radical (unpaired) electrons. The minimum absolute atomic E-state index is 0.0205. The van der Waals surface area contributed by atoms with Crippen LogP contribution in [-0.4, -0.2) is 37.2 Å². The van der Waals surface area contributed by atoms with Gasteiger partial charge in [-0.15, -0.1) is 0 Å². The molecular formula is C23H26N2O6S2. The largest absolute Gasteiger partial charge is 0.491 e. The lowest BCUT2D eigenvalue weighted by atomic mass is 10.2. The zero-order valence-corrected chi connectivity index (χ0v) is 20.2. The van der Waals surface area contributed by atoms with Crippen molar-refractivity contribution in [3.8, 4) is 5.75 Å². The maximum absolute atomic E-state index is 12.9. The maximum atomic E-state index is 12.9. The number of anilines is 2. The summed E-state index contributed by atoms with van der Waals surface area (Å²) in [4.78, 5) is -0.0404. The van der Waals surface area contributed by atoms with E-state index in [1.165, 1.54) is 24.3 Å². The third kappa shape index (κ3) is 6.47. The molecule has 0 aliphatic rings. The van der Waals surface area contributed by atoms with Gasteiger partial charge >= 0.3 is 0 Å². The van der Waals surface area contributed by atoms with Crippen LogP contribution >= 0.6 is 0 Å². The summed E-state index contributed by atoms with van der Waals surface area (Å²) >= 11 is 0. The van der Waals surface area contributed by atoms with Gasteiger partial charge in [-0.3, -0.25) is 9.44 Å². The Morgan fingerprint density at radius 3 is 2.09 bits per heavy atom. The van der Waals surface area contributed by atoms with Gasteiger partial charge in [0.15, 0.2) is 0 Å². The molecule has 0 atom stereocenters. The van der Waals surface area contributed by atoms with Crippen LogP contribution in [0.5, 0.6) is 5.75 Å². The molecule has 33 heavy (non-hydrogen) atoms. The van der Waals surface area contributed by atoms with Crippen LogP contribution in [0.1, 0.15) is 11.1 Å². The van der Waals surface area contributed by atoms with E-state index in [-0.39, 0.29) is 15.5 Å². The van der Waals surface area contributed by atoms with Crippen LogP contribution in [0, 0.1) is 13.8 Å². The fourth-order valence-corrected chi connectivity index (χ4v) is 5.16. The van der Waals surface area contributed by atoms with Crippen molar-refractivity contribution in [3.63, 3.8) is 0 Å². The van der Waals surface area contributed by atoms with E-state index in [0.717, 1.165) is 5.56 Å². The molecule has 0 heterocycles. The Hall–Kier alpha value is -3.08. The Morgan fingerprint density at radius 2 is 1.42 bits per heavy atom. The number of hydrogen-bond acceptors (Lipinski definition) is 6. The number of ether oxygens (including phenoxy) is 2. The summed E-state index contributed by atoms with van der Waals surface area (Å²) in [5, 5.41) is 0. The van der Waals surface area contributed by atoms with Crippen molar-refractivity contribution >= 4 is 31.4 Å². The van der Waals surface area contributed by atoms with Crippen LogP contribution < -0.4 is 14.2 Å². The molecule has 0 bridgehead atoms. The van der Waals surface area contributed by atoms with Crippen molar-refractivity contribution in [2.75, 3.05) is 29.8 Å². The molecule has 0 saturated heterocycles. The zero-order chi connectivity index (χ0) is 24.1. The number of rotatable bonds is 10. The lowest BCUT2D eigenvalue weighted by Crippen LogP contribution is -2.16. The van der Waals surface area contributed by atoms with Gasteiger partial charge in [0.2, 0.25) is 0 Å². The van der Waals surface area contributed by atoms with Gasteiger partial charge in [0.1, 0.15) is 12.4 Å². The number of benzene rings is 3. The van der Waals surface area contributed by atoms with Crippen molar-refractivity contribution in [1.29, 1.82) is 0 Å². The summed E-state index contributed by atoms with van der Waals surface area (Å²) in [6.45, 7) is 4.31. The van der Waals surface area contributed by atoms with Crippen LogP contribution in [-0.2, 0) is 24.8 Å². The second kappa shape index (κ2) is 10.2. The summed E-state index contributed by atoms with van der Waals surface area (Å²) in [5.74, 6) is 0.512. The molecule has 3 aromatic carbocycles. The van der Waals surface area contributed by atoms with Crippen molar-refractivity contribution in [2.45, 2.75) is 23.6 Å². The molecule has 3 aromatic rings. The zero-order valence-electron chi connectivity index (χ0n) is 18.5. The lowest BCUT2D eigenvalue weighted by Gasteiger charge is -2.14. The molecule has 2 N–H and O–H groups in total. The van der Waals surface area contributed by atoms with E-state index in [2.05, 4.69) is 9.44 Å². The highest BCUT2D eigenvalue weighted by Crippen LogP contribution is 2.26. The molecule has 10 heteroatoms. The number of hydrogen-bond donors (Lipinski definition) is 2. The van der Waals surface area contributed by atoms with E-state index < -0.39 is 20.0 Å². The number of aryl methyl sites for hydroxylation is 2. The first kappa shape index (κ1) is 24.6. The number of sulfonamides is 2. The molecule has 0 unspecified atom stereocenters. The van der Waals surface area contributed by atoms with E-state index in [4.69, 9.17) is 9.47 Å². The molecule has 0 aromatic heterocycles. The van der Waals surface area contributed by atoms with Crippen LogP contribution in [0.3, 0.4) is 0 Å². The smallest absolute Gasteiger partial charge is 0.261 e. The standard InChI is InChI=1S/C23H26N2O6S2/c1-17-5-4-6-19(15-17)24-33(28,29)22-10-7-18(2)23(16-22)25-32(26,27)21-11-8-20(9-12-21)31-14-13-30-3/h4-12,15-16,24-25H,13-14H2,1-3H3. The van der Waals surface area contributed by atoms with Crippen LogP contribution in [0.4, 0.5) is 11.4 Å². The van der Waals surface area contributed by atoms with Crippen molar-refractivity contribution < 1.29 is 26.3 Å². The molecule has 3 rings (SSSR count). The van der Waals surface area contributed by atoms with E-state index in [9.17, 15) is 16.8 Å². The number of methoxy groups -OCH3 is 1. The predicted octanol–water partition coefficient (Wildman–Crippen LogP) is 3.93. The summed E-state index contributed by atoms with van der Waals surface area (Å²) in [6.07, 6.45) is 0. The number of nitrogens with one attached hydrogen (secondary N) is 2. The molecule has 0 aliphatic heterocycles. The molecule has 8 nitrogen and oxygen atoms in total. The highest BCUT2D eigenvalue weighted by molar-refractivity contribution is 7.93. The van der Waals surface area contributed by atoms with Gasteiger partial charge in [-0.05, 0) is 73.5 Å². The van der Waals surface area contributed by atoms with Crippen molar-refractivity contribution in [1.82, 2.24) is 0 Å².